The monoisotopic (exact) mass is 301 g/mol. The van der Waals surface area contributed by atoms with E-state index in [2.05, 4.69) is 15.9 Å². The van der Waals surface area contributed by atoms with Crippen LogP contribution in [0.2, 0.25) is 0 Å². The van der Waals surface area contributed by atoms with E-state index in [0.29, 0.717) is 30.3 Å². The second kappa shape index (κ2) is 4.93. The van der Waals surface area contributed by atoms with Gasteiger partial charge in [0.1, 0.15) is 13.2 Å². The Balaban J connectivity index is 2.37. The van der Waals surface area contributed by atoms with E-state index in [4.69, 9.17) is 20.3 Å². The van der Waals surface area contributed by atoms with Crippen molar-refractivity contribution in [1.29, 1.82) is 0 Å². The highest BCUT2D eigenvalue weighted by atomic mass is 79.9. The summed E-state index contributed by atoms with van der Waals surface area (Å²) in [6.07, 6.45) is -0.141. The molecule has 5 nitrogen and oxygen atoms in total. The van der Waals surface area contributed by atoms with Gasteiger partial charge in [-0.1, -0.05) is 6.07 Å². The summed E-state index contributed by atoms with van der Waals surface area (Å²) in [4.78, 5) is 10.7. The molecule has 0 spiro atoms. The topological polar surface area (TPSA) is 81.8 Å². The number of hydrogen-bond acceptors (Lipinski definition) is 4. The highest BCUT2D eigenvalue weighted by Gasteiger charge is 2.23. The Morgan fingerprint density at radius 1 is 1.41 bits per heavy atom. The van der Waals surface area contributed by atoms with Crippen molar-refractivity contribution in [1.82, 2.24) is 0 Å². The van der Waals surface area contributed by atoms with Gasteiger partial charge in [-0.3, -0.25) is 4.79 Å². The van der Waals surface area contributed by atoms with Crippen LogP contribution in [0.1, 0.15) is 18.0 Å². The number of rotatable bonds is 3. The Bertz CT molecular complexity index is 449. The average molecular weight is 302 g/mol. The van der Waals surface area contributed by atoms with Gasteiger partial charge in [-0.25, -0.2) is 0 Å². The van der Waals surface area contributed by atoms with Gasteiger partial charge in [0.2, 0.25) is 0 Å². The van der Waals surface area contributed by atoms with Gasteiger partial charge in [0, 0.05) is 11.6 Å². The maximum absolute atomic E-state index is 10.7. The van der Waals surface area contributed by atoms with Crippen molar-refractivity contribution in [2.24, 2.45) is 5.73 Å². The minimum absolute atomic E-state index is 0.141. The fourth-order valence-corrected chi connectivity index (χ4v) is 2.14. The third-order valence-electron chi connectivity index (χ3n) is 2.46. The van der Waals surface area contributed by atoms with Gasteiger partial charge >= 0.3 is 5.97 Å². The van der Waals surface area contributed by atoms with E-state index >= 15 is 0 Å². The summed E-state index contributed by atoms with van der Waals surface area (Å²) >= 11 is 3.35. The van der Waals surface area contributed by atoms with Gasteiger partial charge in [0.05, 0.1) is 10.9 Å². The SMILES string of the molecule is NC(CC(=O)O)c1ccc(Br)c2c1OCCO2. The Morgan fingerprint density at radius 2 is 2.06 bits per heavy atom. The van der Waals surface area contributed by atoms with Gasteiger partial charge in [0.15, 0.2) is 11.5 Å². The third-order valence-corrected chi connectivity index (χ3v) is 3.09. The van der Waals surface area contributed by atoms with Crippen LogP contribution in [0.15, 0.2) is 16.6 Å². The molecule has 92 valence electrons. The van der Waals surface area contributed by atoms with Gasteiger partial charge in [-0.2, -0.15) is 0 Å². The van der Waals surface area contributed by atoms with Crippen LogP contribution in [0.3, 0.4) is 0 Å². The number of hydrogen-bond donors (Lipinski definition) is 2. The van der Waals surface area contributed by atoms with E-state index in [-0.39, 0.29) is 6.42 Å². The second-order valence-electron chi connectivity index (χ2n) is 3.70. The van der Waals surface area contributed by atoms with Crippen molar-refractivity contribution >= 4 is 21.9 Å². The molecule has 2 rings (SSSR count). The zero-order chi connectivity index (χ0) is 12.4. The summed E-state index contributed by atoms with van der Waals surface area (Å²) in [6, 6.07) is 2.94. The molecule has 0 amide bonds. The summed E-state index contributed by atoms with van der Waals surface area (Å²) in [5, 5.41) is 8.74. The van der Waals surface area contributed by atoms with Crippen LogP contribution < -0.4 is 15.2 Å². The highest BCUT2D eigenvalue weighted by molar-refractivity contribution is 9.10. The van der Waals surface area contributed by atoms with E-state index < -0.39 is 12.0 Å². The van der Waals surface area contributed by atoms with Crippen molar-refractivity contribution in [3.63, 3.8) is 0 Å². The number of ether oxygens (including phenoxy) is 2. The summed E-state index contributed by atoms with van der Waals surface area (Å²) < 4.78 is 11.8. The van der Waals surface area contributed by atoms with Crippen LogP contribution in [0.4, 0.5) is 0 Å². The van der Waals surface area contributed by atoms with Crippen LogP contribution in [-0.4, -0.2) is 24.3 Å². The molecule has 1 aliphatic rings. The molecule has 0 aromatic heterocycles. The fraction of sp³-hybridized carbons (Fsp3) is 0.364. The number of nitrogens with two attached hydrogens (primary N) is 1. The summed E-state index contributed by atoms with van der Waals surface area (Å²) in [5.74, 6) is 0.194. The lowest BCUT2D eigenvalue weighted by atomic mass is 10.0. The number of carbonyl (C=O) groups is 1. The number of carboxylic acids is 1. The van der Waals surface area contributed by atoms with E-state index in [1.807, 2.05) is 0 Å². The molecular weight excluding hydrogens is 290 g/mol. The van der Waals surface area contributed by atoms with Crippen LogP contribution in [-0.2, 0) is 4.79 Å². The zero-order valence-corrected chi connectivity index (χ0v) is 10.6. The Kier molecular flexibility index (Phi) is 3.54. The van der Waals surface area contributed by atoms with Gasteiger partial charge in [-0.15, -0.1) is 0 Å². The predicted octanol–water partition coefficient (Wildman–Crippen LogP) is 1.69. The van der Waals surface area contributed by atoms with Crippen molar-refractivity contribution in [2.45, 2.75) is 12.5 Å². The smallest absolute Gasteiger partial charge is 0.305 e. The van der Waals surface area contributed by atoms with Crippen LogP contribution in [0.5, 0.6) is 11.5 Å². The normalized spacial score (nSPS) is 15.4. The first-order chi connectivity index (χ1) is 8.09. The molecule has 1 heterocycles. The van der Waals surface area contributed by atoms with Crippen molar-refractivity contribution in [3.8, 4) is 11.5 Å². The van der Waals surface area contributed by atoms with Crippen molar-refractivity contribution < 1.29 is 19.4 Å². The number of fused-ring (bicyclic) bond motifs is 1. The molecule has 1 aromatic carbocycles. The zero-order valence-electron chi connectivity index (χ0n) is 8.98. The molecule has 0 saturated carbocycles. The summed E-state index contributed by atoms with van der Waals surface area (Å²) in [5.41, 5.74) is 6.50. The maximum Gasteiger partial charge on any atom is 0.305 e. The molecule has 0 fully saturated rings. The lowest BCUT2D eigenvalue weighted by Gasteiger charge is -2.24. The molecule has 0 radical (unpaired) electrons. The van der Waals surface area contributed by atoms with Gasteiger partial charge in [-0.05, 0) is 22.0 Å². The number of halogens is 1. The fourth-order valence-electron chi connectivity index (χ4n) is 1.71. The largest absolute Gasteiger partial charge is 0.486 e. The molecule has 1 aromatic rings. The first-order valence-corrected chi connectivity index (χ1v) is 5.94. The van der Waals surface area contributed by atoms with Crippen molar-refractivity contribution in [3.05, 3.63) is 22.2 Å². The standard InChI is InChI=1S/C11H12BrNO4/c12-7-2-1-6(8(13)5-9(14)15)10-11(7)17-4-3-16-10/h1-2,8H,3-5,13H2,(H,14,15). The van der Waals surface area contributed by atoms with Crippen LogP contribution in [0, 0.1) is 0 Å². The molecule has 3 N–H and O–H groups in total. The Hall–Kier alpha value is -1.27. The van der Waals surface area contributed by atoms with Crippen molar-refractivity contribution in [2.75, 3.05) is 13.2 Å². The molecule has 6 heteroatoms. The molecular formula is C11H12BrNO4. The lowest BCUT2D eigenvalue weighted by Crippen LogP contribution is -2.21. The molecule has 1 aliphatic heterocycles. The molecule has 0 aliphatic carbocycles. The predicted molar refractivity (Wildman–Crippen MR) is 64.3 cm³/mol. The van der Waals surface area contributed by atoms with Crippen LogP contribution in [0.25, 0.3) is 0 Å². The third kappa shape index (κ3) is 2.53. The second-order valence-corrected chi connectivity index (χ2v) is 4.55. The van der Waals surface area contributed by atoms with Gasteiger partial charge in [0.25, 0.3) is 0 Å². The average Bonchev–Trinajstić information content (AvgIpc) is 2.29. The summed E-state index contributed by atoms with van der Waals surface area (Å²) in [6.45, 7) is 0.916. The molecule has 1 atom stereocenters. The maximum atomic E-state index is 10.7. The van der Waals surface area contributed by atoms with E-state index in [1.165, 1.54) is 0 Å². The molecule has 1 unspecified atom stereocenters. The number of benzene rings is 1. The summed E-state index contributed by atoms with van der Waals surface area (Å²) in [7, 11) is 0. The number of carboxylic acid groups (broad SMARTS) is 1. The first kappa shape index (κ1) is 12.2. The van der Waals surface area contributed by atoms with E-state index in [0.717, 1.165) is 4.47 Å². The Labute approximate surface area is 107 Å². The minimum Gasteiger partial charge on any atom is -0.486 e. The van der Waals surface area contributed by atoms with E-state index in [9.17, 15) is 4.79 Å². The lowest BCUT2D eigenvalue weighted by molar-refractivity contribution is -0.137. The highest BCUT2D eigenvalue weighted by Crippen LogP contribution is 2.42. The first-order valence-electron chi connectivity index (χ1n) is 5.15. The molecule has 0 bridgehead atoms. The quantitative estimate of drug-likeness (QED) is 0.888. The molecule has 17 heavy (non-hydrogen) atoms. The van der Waals surface area contributed by atoms with Crippen LogP contribution >= 0.6 is 15.9 Å². The van der Waals surface area contributed by atoms with Gasteiger partial charge < -0.3 is 20.3 Å². The Morgan fingerprint density at radius 3 is 2.71 bits per heavy atom. The minimum atomic E-state index is -0.939. The number of aliphatic carboxylic acids is 1. The van der Waals surface area contributed by atoms with E-state index in [1.54, 1.807) is 12.1 Å². The molecule has 0 saturated heterocycles.